The zero-order valence-corrected chi connectivity index (χ0v) is 13.5. The van der Waals surface area contributed by atoms with E-state index in [0.29, 0.717) is 36.3 Å². The highest BCUT2D eigenvalue weighted by Crippen LogP contribution is 2.30. The summed E-state index contributed by atoms with van der Waals surface area (Å²) in [6.07, 6.45) is 3.08. The zero-order valence-electron chi connectivity index (χ0n) is 13.5. The summed E-state index contributed by atoms with van der Waals surface area (Å²) in [5, 5.41) is 11.1. The number of methoxy groups -OCH3 is 1. The van der Waals surface area contributed by atoms with Gasteiger partial charge in [-0.1, -0.05) is 6.07 Å². The molecule has 1 unspecified atom stereocenters. The highest BCUT2D eigenvalue weighted by atomic mass is 16.5. The van der Waals surface area contributed by atoms with Gasteiger partial charge in [0.1, 0.15) is 25.0 Å². The SMILES string of the molecule is CCOc1ccc(C(N)c2n[nH]c(Cn3cncn3)n2)cc1OC. The molecule has 126 valence electrons. The summed E-state index contributed by atoms with van der Waals surface area (Å²) in [4.78, 5) is 8.31. The number of H-pyrrole nitrogens is 1. The van der Waals surface area contributed by atoms with Crippen molar-refractivity contribution < 1.29 is 9.47 Å². The smallest absolute Gasteiger partial charge is 0.171 e. The Balaban J connectivity index is 1.78. The fourth-order valence-corrected chi connectivity index (χ4v) is 2.29. The third kappa shape index (κ3) is 3.35. The van der Waals surface area contributed by atoms with E-state index in [4.69, 9.17) is 15.2 Å². The lowest BCUT2D eigenvalue weighted by atomic mass is 10.1. The van der Waals surface area contributed by atoms with Gasteiger partial charge in [-0.3, -0.25) is 5.10 Å². The van der Waals surface area contributed by atoms with Crippen molar-refractivity contribution in [1.29, 1.82) is 0 Å². The maximum absolute atomic E-state index is 6.27. The highest BCUT2D eigenvalue weighted by Gasteiger charge is 2.17. The van der Waals surface area contributed by atoms with Gasteiger partial charge < -0.3 is 15.2 Å². The van der Waals surface area contributed by atoms with Crippen LogP contribution in [0.3, 0.4) is 0 Å². The number of ether oxygens (including phenoxy) is 2. The van der Waals surface area contributed by atoms with E-state index in [2.05, 4.69) is 25.3 Å². The van der Waals surface area contributed by atoms with E-state index in [1.165, 1.54) is 6.33 Å². The maximum Gasteiger partial charge on any atom is 0.171 e. The molecule has 0 saturated carbocycles. The first-order valence-corrected chi connectivity index (χ1v) is 7.51. The highest BCUT2D eigenvalue weighted by molar-refractivity contribution is 5.44. The molecule has 0 aliphatic carbocycles. The molecule has 1 aromatic carbocycles. The van der Waals surface area contributed by atoms with E-state index < -0.39 is 6.04 Å². The second-order valence-corrected chi connectivity index (χ2v) is 5.05. The van der Waals surface area contributed by atoms with Crippen molar-refractivity contribution in [2.75, 3.05) is 13.7 Å². The monoisotopic (exact) mass is 329 g/mol. The number of benzene rings is 1. The van der Waals surface area contributed by atoms with Crippen molar-refractivity contribution >= 4 is 0 Å². The van der Waals surface area contributed by atoms with Gasteiger partial charge in [0.2, 0.25) is 0 Å². The second-order valence-electron chi connectivity index (χ2n) is 5.05. The first-order chi connectivity index (χ1) is 11.7. The molecule has 0 aliphatic heterocycles. The van der Waals surface area contributed by atoms with E-state index in [9.17, 15) is 0 Å². The van der Waals surface area contributed by atoms with Crippen molar-refractivity contribution in [3.63, 3.8) is 0 Å². The molecule has 0 aliphatic rings. The minimum absolute atomic E-state index is 0.451. The molecule has 2 aromatic heterocycles. The third-order valence-corrected chi connectivity index (χ3v) is 3.45. The molecule has 3 rings (SSSR count). The van der Waals surface area contributed by atoms with Gasteiger partial charge in [0.15, 0.2) is 17.3 Å². The van der Waals surface area contributed by atoms with Crippen molar-refractivity contribution in [1.82, 2.24) is 29.9 Å². The van der Waals surface area contributed by atoms with Crippen LogP contribution >= 0.6 is 0 Å². The predicted octanol–water partition coefficient (Wildman–Crippen LogP) is 0.900. The first-order valence-electron chi connectivity index (χ1n) is 7.51. The molecule has 0 saturated heterocycles. The summed E-state index contributed by atoms with van der Waals surface area (Å²) in [5.41, 5.74) is 7.11. The Morgan fingerprint density at radius 3 is 2.92 bits per heavy atom. The van der Waals surface area contributed by atoms with Crippen LogP contribution in [0.1, 0.15) is 30.2 Å². The summed E-state index contributed by atoms with van der Waals surface area (Å²) in [6.45, 7) is 2.93. The molecule has 1 atom stereocenters. The molecule has 0 amide bonds. The van der Waals surface area contributed by atoms with Crippen molar-refractivity contribution in [3.05, 3.63) is 48.1 Å². The summed E-state index contributed by atoms with van der Waals surface area (Å²) >= 11 is 0. The molecule has 0 radical (unpaired) electrons. The Morgan fingerprint density at radius 1 is 1.33 bits per heavy atom. The quantitative estimate of drug-likeness (QED) is 0.661. The van der Waals surface area contributed by atoms with E-state index >= 15 is 0 Å². The molecule has 24 heavy (non-hydrogen) atoms. The van der Waals surface area contributed by atoms with Crippen LogP contribution in [0.2, 0.25) is 0 Å². The van der Waals surface area contributed by atoms with Crippen LogP contribution in [-0.4, -0.2) is 43.7 Å². The molecule has 0 spiro atoms. The van der Waals surface area contributed by atoms with Crippen LogP contribution in [-0.2, 0) is 6.54 Å². The van der Waals surface area contributed by atoms with Gasteiger partial charge in [0.05, 0.1) is 19.8 Å². The van der Waals surface area contributed by atoms with Gasteiger partial charge in [0.25, 0.3) is 0 Å². The molecule has 9 nitrogen and oxygen atoms in total. The normalized spacial score (nSPS) is 12.1. The van der Waals surface area contributed by atoms with Gasteiger partial charge in [-0.15, -0.1) is 0 Å². The van der Waals surface area contributed by atoms with Gasteiger partial charge in [-0.05, 0) is 24.6 Å². The van der Waals surface area contributed by atoms with Crippen LogP contribution in [0.25, 0.3) is 0 Å². The topological polar surface area (TPSA) is 117 Å². The standard InChI is InChI=1S/C15H19N7O2/c1-3-24-11-5-4-10(6-12(11)23-2)14(16)15-19-13(20-21-15)7-22-9-17-8-18-22/h4-6,8-9,14H,3,7,16H2,1-2H3,(H,19,20,21). The van der Waals surface area contributed by atoms with Gasteiger partial charge in [-0.2, -0.15) is 10.2 Å². The number of nitrogens with zero attached hydrogens (tertiary/aromatic N) is 5. The second kappa shape index (κ2) is 7.09. The molecule has 3 aromatic rings. The number of hydrogen-bond acceptors (Lipinski definition) is 7. The molecule has 9 heteroatoms. The van der Waals surface area contributed by atoms with Gasteiger partial charge >= 0.3 is 0 Å². The molecular weight excluding hydrogens is 310 g/mol. The summed E-state index contributed by atoms with van der Waals surface area (Å²) in [6, 6.07) is 5.07. The molecule has 2 heterocycles. The number of aromatic nitrogens is 6. The number of rotatable bonds is 7. The predicted molar refractivity (Wildman–Crippen MR) is 85.7 cm³/mol. The maximum atomic E-state index is 6.27. The Hall–Kier alpha value is -2.94. The van der Waals surface area contributed by atoms with Crippen LogP contribution in [0.15, 0.2) is 30.9 Å². The van der Waals surface area contributed by atoms with Crippen LogP contribution in [0.4, 0.5) is 0 Å². The zero-order chi connectivity index (χ0) is 16.9. The van der Waals surface area contributed by atoms with Crippen LogP contribution < -0.4 is 15.2 Å². The summed E-state index contributed by atoms with van der Waals surface area (Å²) < 4.78 is 12.5. The Labute approximate surface area is 138 Å². The van der Waals surface area contributed by atoms with Crippen LogP contribution in [0.5, 0.6) is 11.5 Å². The van der Waals surface area contributed by atoms with Crippen molar-refractivity contribution in [2.24, 2.45) is 5.73 Å². The van der Waals surface area contributed by atoms with E-state index in [1.807, 2.05) is 25.1 Å². The van der Waals surface area contributed by atoms with E-state index in [1.54, 1.807) is 18.1 Å². The van der Waals surface area contributed by atoms with Crippen LogP contribution in [0, 0.1) is 0 Å². The van der Waals surface area contributed by atoms with Crippen molar-refractivity contribution in [2.45, 2.75) is 19.5 Å². The molecule has 3 N–H and O–H groups in total. The minimum atomic E-state index is -0.477. The Morgan fingerprint density at radius 2 is 2.21 bits per heavy atom. The molecular formula is C15H19N7O2. The fraction of sp³-hybridized carbons (Fsp3) is 0.333. The lowest BCUT2D eigenvalue weighted by molar-refractivity contribution is 0.310. The lowest BCUT2D eigenvalue weighted by Gasteiger charge is -2.13. The van der Waals surface area contributed by atoms with Gasteiger partial charge in [-0.25, -0.2) is 14.6 Å². The average molecular weight is 329 g/mol. The number of nitrogens with two attached hydrogens (primary N) is 1. The summed E-state index contributed by atoms with van der Waals surface area (Å²) in [7, 11) is 1.59. The molecule has 0 bridgehead atoms. The number of aromatic amines is 1. The first kappa shape index (κ1) is 15.9. The summed E-state index contributed by atoms with van der Waals surface area (Å²) in [5.74, 6) is 2.46. The largest absolute Gasteiger partial charge is 0.493 e. The fourth-order valence-electron chi connectivity index (χ4n) is 2.29. The van der Waals surface area contributed by atoms with E-state index in [0.717, 1.165) is 5.56 Å². The average Bonchev–Trinajstić information content (AvgIpc) is 3.27. The van der Waals surface area contributed by atoms with E-state index in [-0.39, 0.29) is 0 Å². The minimum Gasteiger partial charge on any atom is -0.493 e. The van der Waals surface area contributed by atoms with Crippen molar-refractivity contribution in [3.8, 4) is 11.5 Å². The Bertz CT molecular complexity index is 785. The number of hydrogen-bond donors (Lipinski definition) is 2. The lowest BCUT2D eigenvalue weighted by Crippen LogP contribution is -2.14. The Kier molecular flexibility index (Phi) is 4.71. The number of nitrogens with one attached hydrogen (secondary N) is 1. The van der Waals surface area contributed by atoms with Gasteiger partial charge in [0, 0.05) is 0 Å². The molecule has 0 fully saturated rings. The third-order valence-electron chi connectivity index (χ3n) is 3.45.